The number of methoxy groups -OCH3 is 1. The van der Waals surface area contributed by atoms with Gasteiger partial charge in [-0.05, 0) is 65.3 Å². The predicted octanol–water partition coefficient (Wildman–Crippen LogP) is 8.31. The van der Waals surface area contributed by atoms with Crippen LogP contribution in [-0.2, 0) is 28.1 Å². The smallest absolute Gasteiger partial charge is 0.174 e. The Kier molecular flexibility index (Phi) is 11.5. The maximum Gasteiger partial charge on any atom is 0.174 e. The van der Waals surface area contributed by atoms with Crippen LogP contribution in [0.5, 0.6) is 5.75 Å². The number of nitrogens with one attached hydrogen (secondary N) is 1. The van der Waals surface area contributed by atoms with Crippen molar-refractivity contribution >= 4 is 5.78 Å². The lowest BCUT2D eigenvalue weighted by molar-refractivity contribution is -0.118. The Morgan fingerprint density at radius 2 is 1.20 bits per heavy atom. The van der Waals surface area contributed by atoms with E-state index in [1.165, 1.54) is 5.56 Å². The summed E-state index contributed by atoms with van der Waals surface area (Å²) in [6, 6.07) is 48.7. The summed E-state index contributed by atoms with van der Waals surface area (Å²) in [4.78, 5) is 14.0. The van der Waals surface area contributed by atoms with Crippen molar-refractivity contribution in [3.05, 3.63) is 186 Å². The molecule has 0 aliphatic carbocycles. The van der Waals surface area contributed by atoms with Crippen molar-refractivity contribution in [2.24, 2.45) is 0 Å². The number of hydrogen-bond donors (Lipinski definition) is 1. The third-order valence-electron chi connectivity index (χ3n) is 8.03. The molecule has 0 bridgehead atoms. The van der Waals surface area contributed by atoms with Crippen molar-refractivity contribution < 1.29 is 14.3 Å². The van der Waals surface area contributed by atoms with Gasteiger partial charge in [0.05, 0.1) is 31.9 Å². The fourth-order valence-electron chi connectivity index (χ4n) is 5.67. The molecule has 0 saturated heterocycles. The van der Waals surface area contributed by atoms with Crippen molar-refractivity contribution in [3.8, 4) is 5.75 Å². The van der Waals surface area contributed by atoms with E-state index in [4.69, 9.17) is 9.47 Å². The Hall–Kier alpha value is -4.77. The predicted molar refractivity (Wildman–Crippen MR) is 182 cm³/mol. The first-order valence-corrected chi connectivity index (χ1v) is 15.6. The van der Waals surface area contributed by atoms with Crippen LogP contribution in [0.25, 0.3) is 0 Å². The zero-order valence-electron chi connectivity index (χ0n) is 25.8. The maximum absolute atomic E-state index is 14.0. The van der Waals surface area contributed by atoms with Gasteiger partial charge >= 0.3 is 0 Å². The quantitative estimate of drug-likeness (QED) is 0.0708. The highest BCUT2D eigenvalue weighted by atomic mass is 16.5. The first-order valence-electron chi connectivity index (χ1n) is 15.6. The van der Waals surface area contributed by atoms with Crippen LogP contribution in [0.3, 0.4) is 0 Å². The van der Waals surface area contributed by atoms with Gasteiger partial charge in [-0.2, -0.15) is 0 Å². The molecule has 228 valence electrons. The van der Waals surface area contributed by atoms with Gasteiger partial charge in [-0.3, -0.25) is 10.1 Å². The first-order chi connectivity index (χ1) is 22.2. The summed E-state index contributed by atoms with van der Waals surface area (Å²) in [6.45, 7) is 0.644. The second kappa shape index (κ2) is 16.3. The topological polar surface area (TPSA) is 47.6 Å². The molecule has 0 aromatic heterocycles. The van der Waals surface area contributed by atoms with Gasteiger partial charge in [0.1, 0.15) is 5.75 Å². The normalized spacial score (nSPS) is 12.2. The molecule has 1 N–H and O–H groups in total. The van der Waals surface area contributed by atoms with Crippen LogP contribution >= 0.6 is 0 Å². The molecule has 1 atom stereocenters. The minimum absolute atomic E-state index is 0.0142. The Morgan fingerprint density at radius 3 is 1.71 bits per heavy atom. The maximum atomic E-state index is 14.0. The van der Waals surface area contributed by atoms with Crippen LogP contribution in [-0.4, -0.2) is 25.5 Å². The fourth-order valence-corrected chi connectivity index (χ4v) is 5.67. The van der Waals surface area contributed by atoms with Crippen LogP contribution in [0, 0.1) is 0 Å². The van der Waals surface area contributed by atoms with E-state index in [1.807, 2.05) is 103 Å². The highest BCUT2D eigenvalue weighted by molar-refractivity contribution is 5.94. The van der Waals surface area contributed by atoms with Gasteiger partial charge in [0.15, 0.2) is 5.78 Å². The number of carbonyl (C=O) groups is 1. The highest BCUT2D eigenvalue weighted by Crippen LogP contribution is 2.37. The summed E-state index contributed by atoms with van der Waals surface area (Å²) in [6.07, 6.45) is 6.40. The van der Waals surface area contributed by atoms with Crippen LogP contribution in [0.2, 0.25) is 0 Å². The summed E-state index contributed by atoms with van der Waals surface area (Å²) in [7, 11) is 1.68. The Labute approximate surface area is 267 Å². The van der Waals surface area contributed by atoms with Crippen molar-refractivity contribution in [1.82, 2.24) is 5.32 Å². The Morgan fingerprint density at radius 1 is 0.689 bits per heavy atom. The van der Waals surface area contributed by atoms with Gasteiger partial charge in [0.2, 0.25) is 0 Å². The van der Waals surface area contributed by atoms with E-state index in [0.717, 1.165) is 47.3 Å². The number of ketones is 1. The lowest BCUT2D eigenvalue weighted by Gasteiger charge is -2.39. The number of allylic oxidation sites excluding steroid dienone is 1. The SMILES string of the molecule is COc1ccc(CCC/C=C/C(=O)[C@H](COCc2ccccc2)NC(c2ccccc2)(c2ccccc2)c2ccccc2)cc1. The van der Waals surface area contributed by atoms with Crippen molar-refractivity contribution in [3.63, 3.8) is 0 Å². The average molecular weight is 596 g/mol. The summed E-state index contributed by atoms with van der Waals surface area (Å²) in [5.41, 5.74) is 4.67. The highest BCUT2D eigenvalue weighted by Gasteiger charge is 2.39. The van der Waals surface area contributed by atoms with E-state index in [2.05, 4.69) is 53.8 Å². The van der Waals surface area contributed by atoms with E-state index in [1.54, 1.807) is 13.2 Å². The van der Waals surface area contributed by atoms with Gasteiger partial charge in [-0.1, -0.05) is 140 Å². The van der Waals surface area contributed by atoms with Gasteiger partial charge in [-0.25, -0.2) is 0 Å². The van der Waals surface area contributed by atoms with Crippen molar-refractivity contribution in [2.75, 3.05) is 13.7 Å². The molecular weight excluding hydrogens is 554 g/mol. The number of aryl methyl sites for hydroxylation is 1. The molecular formula is C41H41NO3. The molecule has 0 fully saturated rings. The molecule has 5 aromatic carbocycles. The summed E-state index contributed by atoms with van der Waals surface area (Å²) < 4.78 is 11.5. The second-order valence-corrected chi connectivity index (χ2v) is 11.1. The molecule has 0 aliphatic heterocycles. The summed E-state index contributed by atoms with van der Waals surface area (Å²) in [5, 5.41) is 3.84. The molecule has 0 radical (unpaired) electrons. The van der Waals surface area contributed by atoms with Crippen LogP contribution in [0.15, 0.2) is 158 Å². The molecule has 5 rings (SSSR count). The van der Waals surface area contributed by atoms with Crippen LogP contribution < -0.4 is 10.1 Å². The zero-order valence-corrected chi connectivity index (χ0v) is 25.8. The number of benzene rings is 5. The van der Waals surface area contributed by atoms with Crippen LogP contribution in [0.1, 0.15) is 40.7 Å². The molecule has 0 aliphatic rings. The van der Waals surface area contributed by atoms with Gasteiger partial charge in [0, 0.05) is 0 Å². The molecule has 45 heavy (non-hydrogen) atoms. The largest absolute Gasteiger partial charge is 0.497 e. The molecule has 5 aromatic rings. The molecule has 0 saturated carbocycles. The monoisotopic (exact) mass is 595 g/mol. The standard InChI is InChI=1S/C41H41NO3/c1-44-38-29-27-33(28-30-38)17-7-3-16-26-40(43)39(32-45-31-34-18-8-2-9-19-34)42-41(35-20-10-4-11-21-35,36-22-12-5-13-23-36)37-24-14-6-15-25-37/h2,4-6,8-16,18-30,39,42H,3,7,17,31-32H2,1H3/b26-16+/t39-/m0/s1. The number of hydrogen-bond acceptors (Lipinski definition) is 4. The molecule has 0 heterocycles. The van der Waals surface area contributed by atoms with E-state index in [9.17, 15) is 4.79 Å². The molecule has 4 heteroatoms. The zero-order chi connectivity index (χ0) is 31.2. The third-order valence-corrected chi connectivity index (χ3v) is 8.03. The third kappa shape index (κ3) is 8.45. The van der Waals surface area contributed by atoms with E-state index >= 15 is 0 Å². The minimum atomic E-state index is -0.789. The van der Waals surface area contributed by atoms with Gasteiger partial charge < -0.3 is 9.47 Å². The van der Waals surface area contributed by atoms with Crippen molar-refractivity contribution in [1.29, 1.82) is 0 Å². The van der Waals surface area contributed by atoms with E-state index in [0.29, 0.717) is 6.61 Å². The second-order valence-electron chi connectivity index (χ2n) is 11.1. The first kappa shape index (κ1) is 31.6. The number of rotatable bonds is 16. The lowest BCUT2D eigenvalue weighted by atomic mass is 9.76. The van der Waals surface area contributed by atoms with Gasteiger partial charge in [0.25, 0.3) is 0 Å². The lowest BCUT2D eigenvalue weighted by Crippen LogP contribution is -2.54. The number of unbranched alkanes of at least 4 members (excludes halogenated alkanes) is 1. The molecule has 0 spiro atoms. The molecule has 0 amide bonds. The number of carbonyl (C=O) groups excluding carboxylic acids is 1. The van der Waals surface area contributed by atoms with Crippen LogP contribution in [0.4, 0.5) is 0 Å². The fraction of sp³-hybridized carbons (Fsp3) is 0.195. The van der Waals surface area contributed by atoms with E-state index < -0.39 is 11.6 Å². The van der Waals surface area contributed by atoms with Crippen molar-refractivity contribution in [2.45, 2.75) is 37.5 Å². The molecule has 0 unspecified atom stereocenters. The Bertz CT molecular complexity index is 1510. The average Bonchev–Trinajstić information content (AvgIpc) is 3.11. The summed E-state index contributed by atoms with van der Waals surface area (Å²) in [5.74, 6) is 0.842. The number of ether oxygens (including phenoxy) is 2. The minimum Gasteiger partial charge on any atom is -0.497 e. The Balaban J connectivity index is 1.41. The van der Waals surface area contributed by atoms with E-state index in [-0.39, 0.29) is 12.4 Å². The summed E-state index contributed by atoms with van der Waals surface area (Å²) >= 11 is 0. The molecule has 4 nitrogen and oxygen atoms in total. The van der Waals surface area contributed by atoms with Gasteiger partial charge in [-0.15, -0.1) is 0 Å².